The number of alkyl halides is 2. The number of halogens is 4. The number of piperidine rings is 2. The van der Waals surface area contributed by atoms with Gasteiger partial charge >= 0.3 is 11.9 Å². The van der Waals surface area contributed by atoms with Crippen LogP contribution in [-0.4, -0.2) is 69.8 Å². The standard InChI is InChI=1S/C26H24ClF3N4O4S/c1-38-24(37)19-15(10-34-16-7-12(9-18(35)36)8-17(34)26(30)11-25(16,26)29)32-22(23-31-5-6-39-23)33-21(19)13-3-2-4-14(28)20(13)27/h2-6,12,16-17,21H,7-11H2,1H3,(H,32,33)(H,35,36)/t12?,16-,17+,21-,25?,26?/m0/s1. The molecule has 13 heteroatoms. The summed E-state index contributed by atoms with van der Waals surface area (Å²) in [5, 5.41) is 14.4. The van der Waals surface area contributed by atoms with E-state index in [9.17, 15) is 19.1 Å². The highest BCUT2D eigenvalue weighted by Crippen LogP contribution is 2.70. The SMILES string of the molecule is COC(=O)C1=C(CN2[C@H]3CC(CC(=O)O)C[C@@H]2C2(F)CC32F)NC(c2nccs2)=N[C@H]1c1cccc(F)c1Cl. The fourth-order valence-electron chi connectivity index (χ4n) is 6.53. The number of benzene rings is 1. The third kappa shape index (κ3) is 4.06. The van der Waals surface area contributed by atoms with Gasteiger partial charge in [-0.25, -0.2) is 22.9 Å². The molecule has 0 spiro atoms. The highest BCUT2D eigenvalue weighted by Gasteiger charge is 2.85. The lowest BCUT2D eigenvalue weighted by Crippen LogP contribution is -2.52. The number of carbonyl (C=O) groups excluding carboxylic acids is 1. The fraction of sp³-hybridized carbons (Fsp3) is 0.462. The van der Waals surface area contributed by atoms with E-state index in [-0.39, 0.29) is 60.0 Å². The van der Waals surface area contributed by atoms with E-state index in [2.05, 4.69) is 15.3 Å². The lowest BCUT2D eigenvalue weighted by Gasteiger charge is -2.42. The van der Waals surface area contributed by atoms with Crippen LogP contribution in [0.4, 0.5) is 13.2 Å². The van der Waals surface area contributed by atoms with Crippen molar-refractivity contribution < 1.29 is 32.6 Å². The second-order valence-electron chi connectivity index (χ2n) is 10.4. The average Bonchev–Trinajstić information content (AvgIpc) is 3.20. The predicted octanol–water partition coefficient (Wildman–Crippen LogP) is 4.21. The molecule has 1 aliphatic carbocycles. The summed E-state index contributed by atoms with van der Waals surface area (Å²) >= 11 is 7.60. The number of carboxylic acid groups (broad SMARTS) is 1. The van der Waals surface area contributed by atoms with Crippen LogP contribution in [0.15, 0.2) is 46.0 Å². The Balaban J connectivity index is 1.43. The molecule has 1 aromatic carbocycles. The molecule has 6 atom stereocenters. The van der Waals surface area contributed by atoms with E-state index in [1.165, 1.54) is 30.6 Å². The first kappa shape index (κ1) is 26.3. The van der Waals surface area contributed by atoms with Crippen LogP contribution in [0.3, 0.4) is 0 Å². The molecule has 2 saturated heterocycles. The van der Waals surface area contributed by atoms with E-state index in [1.54, 1.807) is 22.5 Å². The zero-order valence-electron chi connectivity index (χ0n) is 20.7. The number of thiazole rings is 1. The minimum absolute atomic E-state index is 0.0341. The molecule has 2 N–H and O–H groups in total. The van der Waals surface area contributed by atoms with Gasteiger partial charge in [-0.3, -0.25) is 14.7 Å². The second-order valence-corrected chi connectivity index (χ2v) is 11.7. The van der Waals surface area contributed by atoms with Gasteiger partial charge in [-0.2, -0.15) is 0 Å². The molecular weight excluding hydrogens is 557 g/mol. The molecule has 4 aliphatic rings. The quantitative estimate of drug-likeness (QED) is 0.473. The number of nitrogens with one attached hydrogen (secondary N) is 1. The molecule has 3 aliphatic heterocycles. The van der Waals surface area contributed by atoms with Gasteiger partial charge in [0, 0.05) is 54.3 Å². The molecular formula is C26H24ClF3N4O4S. The molecule has 3 fully saturated rings. The number of carboxylic acids is 1. The predicted molar refractivity (Wildman–Crippen MR) is 137 cm³/mol. The second kappa shape index (κ2) is 9.31. The molecule has 8 nitrogen and oxygen atoms in total. The average molecular weight is 581 g/mol. The molecule has 0 amide bonds. The van der Waals surface area contributed by atoms with Crippen molar-refractivity contribution in [1.82, 2.24) is 15.2 Å². The normalized spacial score (nSPS) is 33.3. The van der Waals surface area contributed by atoms with Crippen molar-refractivity contribution in [1.29, 1.82) is 0 Å². The minimum atomic E-state index is -2.08. The summed E-state index contributed by atoms with van der Waals surface area (Å²) in [6.07, 6.45) is 1.54. The number of aliphatic imine (C=N–C) groups is 1. The number of aromatic nitrogens is 1. The number of hydrogen-bond donors (Lipinski definition) is 2. The third-order valence-electron chi connectivity index (χ3n) is 8.30. The smallest absolute Gasteiger partial charge is 0.338 e. The highest BCUT2D eigenvalue weighted by atomic mass is 35.5. The van der Waals surface area contributed by atoms with Crippen LogP contribution in [0.25, 0.3) is 0 Å². The summed E-state index contributed by atoms with van der Waals surface area (Å²) in [5.41, 5.74) is -3.62. The number of methoxy groups -OCH3 is 1. The summed E-state index contributed by atoms with van der Waals surface area (Å²) < 4.78 is 51.2. The topological polar surface area (TPSA) is 104 Å². The lowest BCUT2D eigenvalue weighted by molar-refractivity contribution is -0.139. The van der Waals surface area contributed by atoms with E-state index in [0.29, 0.717) is 10.8 Å². The molecule has 1 aromatic heterocycles. The van der Waals surface area contributed by atoms with E-state index in [0.717, 1.165) is 0 Å². The minimum Gasteiger partial charge on any atom is -0.481 e. The number of rotatable bonds is 7. The molecule has 39 heavy (non-hydrogen) atoms. The van der Waals surface area contributed by atoms with E-state index in [1.807, 2.05) is 0 Å². The number of amidine groups is 1. The summed E-state index contributed by atoms with van der Waals surface area (Å²) in [4.78, 5) is 35.1. The van der Waals surface area contributed by atoms with Gasteiger partial charge in [-0.1, -0.05) is 23.7 Å². The highest BCUT2D eigenvalue weighted by molar-refractivity contribution is 7.11. The van der Waals surface area contributed by atoms with Gasteiger partial charge in [0.2, 0.25) is 0 Å². The fourth-order valence-corrected chi connectivity index (χ4v) is 7.34. The Bertz CT molecular complexity index is 1400. The van der Waals surface area contributed by atoms with Crippen molar-refractivity contribution in [2.75, 3.05) is 13.7 Å². The van der Waals surface area contributed by atoms with Gasteiger partial charge in [0.05, 0.1) is 17.7 Å². The van der Waals surface area contributed by atoms with Gasteiger partial charge in [0.1, 0.15) is 11.9 Å². The summed E-state index contributed by atoms with van der Waals surface area (Å²) in [5.74, 6) is -2.52. The van der Waals surface area contributed by atoms with Gasteiger partial charge in [-0.05, 0) is 24.8 Å². The summed E-state index contributed by atoms with van der Waals surface area (Å²) in [6, 6.07) is 1.38. The van der Waals surface area contributed by atoms with Crippen molar-refractivity contribution in [2.24, 2.45) is 10.9 Å². The van der Waals surface area contributed by atoms with Crippen molar-refractivity contribution in [3.05, 3.63) is 62.5 Å². The van der Waals surface area contributed by atoms with Crippen LogP contribution in [0.5, 0.6) is 0 Å². The molecule has 3 unspecified atom stereocenters. The largest absolute Gasteiger partial charge is 0.481 e. The number of hydrogen-bond acceptors (Lipinski definition) is 8. The van der Waals surface area contributed by atoms with Crippen molar-refractivity contribution in [3.8, 4) is 0 Å². The number of ether oxygens (including phenoxy) is 1. The van der Waals surface area contributed by atoms with Crippen LogP contribution >= 0.6 is 22.9 Å². The Labute approximate surface area is 230 Å². The van der Waals surface area contributed by atoms with E-state index in [4.69, 9.17) is 16.3 Å². The van der Waals surface area contributed by atoms with Crippen LogP contribution in [-0.2, 0) is 14.3 Å². The van der Waals surface area contributed by atoms with Crippen molar-refractivity contribution in [3.63, 3.8) is 0 Å². The van der Waals surface area contributed by atoms with Crippen LogP contribution in [0.1, 0.15) is 42.3 Å². The Hall–Kier alpha value is -2.96. The van der Waals surface area contributed by atoms with Crippen molar-refractivity contribution in [2.45, 2.75) is 55.1 Å². The van der Waals surface area contributed by atoms with Crippen LogP contribution < -0.4 is 5.32 Å². The van der Waals surface area contributed by atoms with Crippen LogP contribution in [0, 0.1) is 11.7 Å². The molecule has 1 saturated carbocycles. The van der Waals surface area contributed by atoms with Gasteiger partial charge < -0.3 is 15.2 Å². The Morgan fingerprint density at radius 2 is 2.00 bits per heavy atom. The Morgan fingerprint density at radius 3 is 2.62 bits per heavy atom. The maximum atomic E-state index is 15.8. The maximum Gasteiger partial charge on any atom is 0.338 e. The Morgan fingerprint density at radius 1 is 1.28 bits per heavy atom. The Kier molecular flexibility index (Phi) is 6.27. The number of carbonyl (C=O) groups is 2. The summed E-state index contributed by atoms with van der Waals surface area (Å²) in [7, 11) is 1.20. The molecule has 206 valence electrons. The molecule has 6 rings (SSSR count). The number of aliphatic carboxylic acids is 1. The van der Waals surface area contributed by atoms with Crippen molar-refractivity contribution >= 4 is 40.7 Å². The van der Waals surface area contributed by atoms with Gasteiger partial charge in [-0.15, -0.1) is 11.3 Å². The lowest BCUT2D eigenvalue weighted by atomic mass is 9.84. The zero-order valence-corrected chi connectivity index (χ0v) is 22.2. The van der Waals surface area contributed by atoms with E-state index < -0.39 is 47.2 Å². The monoisotopic (exact) mass is 580 g/mol. The number of fused-ring (bicyclic) bond motifs is 5. The molecule has 2 aromatic rings. The summed E-state index contributed by atoms with van der Waals surface area (Å²) in [6.45, 7) is -0.0648. The maximum absolute atomic E-state index is 15.8. The first-order chi connectivity index (χ1) is 18.6. The van der Waals surface area contributed by atoms with Crippen LogP contribution in [0.2, 0.25) is 5.02 Å². The molecule has 4 heterocycles. The van der Waals surface area contributed by atoms with Gasteiger partial charge in [0.25, 0.3) is 0 Å². The third-order valence-corrected chi connectivity index (χ3v) is 9.48. The van der Waals surface area contributed by atoms with Gasteiger partial charge in [0.15, 0.2) is 22.2 Å². The van der Waals surface area contributed by atoms with E-state index >= 15 is 8.78 Å². The number of nitrogens with zero attached hydrogens (tertiary/aromatic N) is 3. The first-order valence-electron chi connectivity index (χ1n) is 12.4. The molecule has 2 bridgehead atoms. The molecule has 0 radical (unpaired) electrons. The number of esters is 1. The first-order valence-corrected chi connectivity index (χ1v) is 13.7. The zero-order chi connectivity index (χ0) is 27.7.